The van der Waals surface area contributed by atoms with Gasteiger partial charge in [0.15, 0.2) is 11.5 Å². The van der Waals surface area contributed by atoms with Crippen molar-refractivity contribution in [1.29, 1.82) is 0 Å². The summed E-state index contributed by atoms with van der Waals surface area (Å²) in [5.41, 5.74) is 1.16. The zero-order chi connectivity index (χ0) is 14.5. The average molecular weight is 277 g/mol. The molecule has 3 nitrogen and oxygen atoms in total. The third-order valence-electron chi connectivity index (χ3n) is 4.10. The molecule has 0 spiro atoms. The maximum Gasteiger partial charge on any atom is 0.161 e. The van der Waals surface area contributed by atoms with Crippen molar-refractivity contribution in [3.05, 3.63) is 23.8 Å². The summed E-state index contributed by atoms with van der Waals surface area (Å²) in [6.07, 6.45) is 3.88. The van der Waals surface area contributed by atoms with E-state index < -0.39 is 0 Å². The Morgan fingerprint density at radius 3 is 2.55 bits per heavy atom. The van der Waals surface area contributed by atoms with Gasteiger partial charge in [0.05, 0.1) is 6.61 Å². The molecule has 0 heterocycles. The minimum Gasteiger partial charge on any atom is -0.504 e. The van der Waals surface area contributed by atoms with Crippen LogP contribution in [0.2, 0.25) is 0 Å². The molecule has 2 unspecified atom stereocenters. The normalized spacial score (nSPS) is 26.4. The monoisotopic (exact) mass is 277 g/mol. The van der Waals surface area contributed by atoms with Crippen molar-refractivity contribution in [3.63, 3.8) is 0 Å². The summed E-state index contributed by atoms with van der Waals surface area (Å²) in [5.74, 6) is 2.43. The van der Waals surface area contributed by atoms with Gasteiger partial charge in [-0.15, -0.1) is 0 Å². The maximum absolute atomic E-state index is 9.71. The largest absolute Gasteiger partial charge is 0.504 e. The maximum atomic E-state index is 9.71. The number of rotatable bonds is 5. The summed E-state index contributed by atoms with van der Waals surface area (Å²) in [7, 11) is 0. The van der Waals surface area contributed by atoms with E-state index >= 15 is 0 Å². The molecule has 1 fully saturated rings. The predicted molar refractivity (Wildman–Crippen MR) is 82.1 cm³/mol. The van der Waals surface area contributed by atoms with Gasteiger partial charge in [0.1, 0.15) is 0 Å². The Bertz CT molecular complexity index is 423. The van der Waals surface area contributed by atoms with Crippen LogP contribution in [0.1, 0.15) is 45.6 Å². The van der Waals surface area contributed by atoms with Gasteiger partial charge >= 0.3 is 0 Å². The van der Waals surface area contributed by atoms with Crippen LogP contribution in [0.15, 0.2) is 18.2 Å². The SMILES string of the molecule is CCOc1cc(CNC2CC(C)CC(C)C2)ccc1O. The second kappa shape index (κ2) is 6.98. The molecular formula is C17H27NO2. The first-order valence-electron chi connectivity index (χ1n) is 7.76. The van der Waals surface area contributed by atoms with E-state index in [1.165, 1.54) is 19.3 Å². The lowest BCUT2D eigenvalue weighted by atomic mass is 9.80. The quantitative estimate of drug-likeness (QED) is 0.862. The van der Waals surface area contributed by atoms with Crippen LogP contribution in [0.25, 0.3) is 0 Å². The van der Waals surface area contributed by atoms with Gasteiger partial charge in [0.2, 0.25) is 0 Å². The molecule has 1 aromatic carbocycles. The van der Waals surface area contributed by atoms with Gasteiger partial charge in [-0.25, -0.2) is 0 Å². The molecule has 1 aliphatic carbocycles. The van der Waals surface area contributed by atoms with Crippen LogP contribution in [0, 0.1) is 11.8 Å². The summed E-state index contributed by atoms with van der Waals surface area (Å²) in [6, 6.07) is 6.22. The summed E-state index contributed by atoms with van der Waals surface area (Å²) < 4.78 is 5.43. The lowest BCUT2D eigenvalue weighted by molar-refractivity contribution is 0.238. The summed E-state index contributed by atoms with van der Waals surface area (Å²) >= 11 is 0. The van der Waals surface area contributed by atoms with Gasteiger partial charge in [-0.2, -0.15) is 0 Å². The molecule has 1 aliphatic rings. The third-order valence-corrected chi connectivity index (χ3v) is 4.10. The molecule has 0 aromatic heterocycles. The lowest BCUT2D eigenvalue weighted by Crippen LogP contribution is -2.35. The molecule has 2 rings (SSSR count). The Morgan fingerprint density at radius 2 is 1.90 bits per heavy atom. The van der Waals surface area contributed by atoms with Crippen molar-refractivity contribution < 1.29 is 9.84 Å². The number of ether oxygens (including phenoxy) is 1. The van der Waals surface area contributed by atoms with E-state index in [1.54, 1.807) is 6.07 Å². The molecule has 0 saturated heterocycles. The summed E-state index contributed by atoms with van der Waals surface area (Å²) in [5, 5.41) is 13.4. The highest BCUT2D eigenvalue weighted by molar-refractivity contribution is 5.41. The first-order chi connectivity index (χ1) is 9.58. The average Bonchev–Trinajstić information content (AvgIpc) is 2.39. The fourth-order valence-electron chi connectivity index (χ4n) is 3.32. The van der Waals surface area contributed by atoms with E-state index in [-0.39, 0.29) is 5.75 Å². The third kappa shape index (κ3) is 4.14. The van der Waals surface area contributed by atoms with E-state index in [4.69, 9.17) is 4.74 Å². The van der Waals surface area contributed by atoms with Crippen molar-refractivity contribution in [2.75, 3.05) is 6.61 Å². The van der Waals surface area contributed by atoms with Crippen LogP contribution in [0.3, 0.4) is 0 Å². The molecule has 1 saturated carbocycles. The van der Waals surface area contributed by atoms with E-state index in [9.17, 15) is 5.11 Å². The fraction of sp³-hybridized carbons (Fsp3) is 0.647. The van der Waals surface area contributed by atoms with Crippen molar-refractivity contribution in [2.24, 2.45) is 11.8 Å². The zero-order valence-electron chi connectivity index (χ0n) is 12.9. The zero-order valence-corrected chi connectivity index (χ0v) is 12.9. The van der Waals surface area contributed by atoms with Gasteiger partial charge in [-0.3, -0.25) is 0 Å². The van der Waals surface area contributed by atoms with Crippen molar-refractivity contribution in [3.8, 4) is 11.5 Å². The molecule has 20 heavy (non-hydrogen) atoms. The first kappa shape index (κ1) is 15.2. The van der Waals surface area contributed by atoms with Crippen molar-refractivity contribution in [1.82, 2.24) is 5.32 Å². The predicted octanol–water partition coefficient (Wildman–Crippen LogP) is 3.71. The van der Waals surface area contributed by atoms with E-state index in [0.29, 0.717) is 18.4 Å². The minimum atomic E-state index is 0.218. The Balaban J connectivity index is 1.91. The Labute approximate surface area is 122 Å². The van der Waals surface area contributed by atoms with Crippen LogP contribution >= 0.6 is 0 Å². The highest BCUT2D eigenvalue weighted by Crippen LogP contribution is 2.29. The number of nitrogens with one attached hydrogen (secondary N) is 1. The van der Waals surface area contributed by atoms with Crippen molar-refractivity contribution >= 4 is 0 Å². The van der Waals surface area contributed by atoms with Crippen LogP contribution in [-0.4, -0.2) is 17.8 Å². The van der Waals surface area contributed by atoms with E-state index in [2.05, 4.69) is 19.2 Å². The van der Waals surface area contributed by atoms with Crippen LogP contribution < -0.4 is 10.1 Å². The standard InChI is InChI=1S/C17H27NO2/c1-4-20-17-10-14(5-6-16(17)19)11-18-15-8-12(2)7-13(3)9-15/h5-6,10,12-13,15,18-19H,4,7-9,11H2,1-3H3. The molecule has 1 aromatic rings. The van der Waals surface area contributed by atoms with Gasteiger partial charge < -0.3 is 15.2 Å². The number of hydrogen-bond acceptors (Lipinski definition) is 3. The Kier molecular flexibility index (Phi) is 5.30. The molecule has 0 aliphatic heterocycles. The second-order valence-electron chi connectivity index (χ2n) is 6.23. The number of phenolic OH excluding ortho intramolecular Hbond substituents is 1. The molecular weight excluding hydrogens is 250 g/mol. The summed E-state index contributed by atoms with van der Waals surface area (Å²) in [4.78, 5) is 0. The highest BCUT2D eigenvalue weighted by atomic mass is 16.5. The summed E-state index contributed by atoms with van der Waals surface area (Å²) in [6.45, 7) is 8.03. The van der Waals surface area contributed by atoms with Gasteiger partial charge in [-0.1, -0.05) is 19.9 Å². The number of aromatic hydroxyl groups is 1. The smallest absolute Gasteiger partial charge is 0.161 e. The van der Waals surface area contributed by atoms with Gasteiger partial charge in [-0.05, 0) is 55.7 Å². The minimum absolute atomic E-state index is 0.218. The molecule has 0 radical (unpaired) electrons. The Hall–Kier alpha value is -1.22. The number of hydrogen-bond donors (Lipinski definition) is 2. The Morgan fingerprint density at radius 1 is 1.20 bits per heavy atom. The number of benzene rings is 1. The van der Waals surface area contributed by atoms with Crippen LogP contribution in [0.4, 0.5) is 0 Å². The van der Waals surface area contributed by atoms with Crippen LogP contribution in [-0.2, 0) is 6.54 Å². The van der Waals surface area contributed by atoms with E-state index in [0.717, 1.165) is 23.9 Å². The molecule has 3 heteroatoms. The highest BCUT2D eigenvalue weighted by Gasteiger charge is 2.23. The molecule has 0 amide bonds. The molecule has 2 atom stereocenters. The van der Waals surface area contributed by atoms with Gasteiger partial charge in [0, 0.05) is 12.6 Å². The number of phenols is 1. The topological polar surface area (TPSA) is 41.5 Å². The van der Waals surface area contributed by atoms with E-state index in [1.807, 2.05) is 19.1 Å². The molecule has 2 N–H and O–H groups in total. The molecule has 0 bridgehead atoms. The van der Waals surface area contributed by atoms with Gasteiger partial charge in [0.25, 0.3) is 0 Å². The first-order valence-corrected chi connectivity index (χ1v) is 7.76. The van der Waals surface area contributed by atoms with Crippen molar-refractivity contribution in [2.45, 2.75) is 52.6 Å². The van der Waals surface area contributed by atoms with Crippen LogP contribution in [0.5, 0.6) is 11.5 Å². The fourth-order valence-corrected chi connectivity index (χ4v) is 3.32. The molecule has 112 valence electrons. The lowest BCUT2D eigenvalue weighted by Gasteiger charge is -2.32. The second-order valence-corrected chi connectivity index (χ2v) is 6.23.